The molecular weight excluding hydrogens is 348 g/mol. The molecule has 0 unspecified atom stereocenters. The zero-order chi connectivity index (χ0) is 18.7. The summed E-state index contributed by atoms with van der Waals surface area (Å²) in [7, 11) is 1.47. The second kappa shape index (κ2) is 7.57. The molecule has 7 nitrogen and oxygen atoms in total. The van der Waals surface area contributed by atoms with E-state index in [4.69, 9.17) is 25.6 Å². The van der Waals surface area contributed by atoms with Crippen molar-refractivity contribution in [3.05, 3.63) is 39.7 Å². The van der Waals surface area contributed by atoms with Gasteiger partial charge < -0.3 is 19.3 Å². The number of carbonyl (C=O) groups excluding carboxylic acids is 2. The first kappa shape index (κ1) is 18.8. The summed E-state index contributed by atoms with van der Waals surface area (Å²) in [4.78, 5) is 24.5. The van der Waals surface area contributed by atoms with Gasteiger partial charge in [0.15, 0.2) is 6.10 Å². The molecule has 1 atom stereocenters. The molecule has 2 rings (SSSR count). The number of aromatic nitrogens is 1. The first-order valence-corrected chi connectivity index (χ1v) is 7.91. The monoisotopic (exact) mass is 366 g/mol. The molecule has 0 aliphatic carbocycles. The highest BCUT2D eigenvalue weighted by molar-refractivity contribution is 6.31. The molecule has 0 saturated heterocycles. The van der Waals surface area contributed by atoms with E-state index in [9.17, 15) is 9.59 Å². The minimum absolute atomic E-state index is 0.222. The number of ether oxygens (including phenoxy) is 2. The van der Waals surface area contributed by atoms with Crippen LogP contribution >= 0.6 is 11.6 Å². The van der Waals surface area contributed by atoms with Gasteiger partial charge in [-0.1, -0.05) is 16.8 Å². The van der Waals surface area contributed by atoms with E-state index in [1.54, 1.807) is 32.9 Å². The lowest BCUT2D eigenvalue weighted by molar-refractivity contribution is -0.123. The van der Waals surface area contributed by atoms with Gasteiger partial charge >= 0.3 is 5.97 Å². The van der Waals surface area contributed by atoms with E-state index in [1.807, 2.05) is 0 Å². The van der Waals surface area contributed by atoms with E-state index in [1.165, 1.54) is 14.0 Å². The van der Waals surface area contributed by atoms with Crippen molar-refractivity contribution in [2.24, 2.45) is 0 Å². The number of carbonyl (C=O) groups is 2. The summed E-state index contributed by atoms with van der Waals surface area (Å²) in [6.07, 6.45) is -1.03. The number of aryl methyl sites for hydroxylation is 3. The number of nitrogens with one attached hydrogen (secondary N) is 1. The minimum Gasteiger partial charge on any atom is -0.495 e. The lowest BCUT2D eigenvalue weighted by Gasteiger charge is -2.16. The summed E-state index contributed by atoms with van der Waals surface area (Å²) < 4.78 is 15.3. The van der Waals surface area contributed by atoms with Gasteiger partial charge in [0.2, 0.25) is 0 Å². The Bertz CT molecular complexity index is 796. The van der Waals surface area contributed by atoms with E-state index in [-0.39, 0.29) is 5.56 Å². The molecule has 25 heavy (non-hydrogen) atoms. The average Bonchev–Trinajstić information content (AvgIpc) is 2.89. The number of nitrogens with zero attached hydrogens (tertiary/aromatic N) is 1. The zero-order valence-electron chi connectivity index (χ0n) is 14.6. The molecule has 0 radical (unpaired) electrons. The molecule has 134 valence electrons. The highest BCUT2D eigenvalue weighted by Crippen LogP contribution is 2.31. The van der Waals surface area contributed by atoms with Crippen LogP contribution in [0.5, 0.6) is 5.75 Å². The SMILES string of the molecule is COc1cc(Cl)c(C)cc1NC(=O)[C@@H](C)OC(=O)c1c(C)noc1C. The molecule has 1 aromatic carbocycles. The molecule has 0 fully saturated rings. The molecule has 1 aromatic heterocycles. The van der Waals surface area contributed by atoms with Gasteiger partial charge in [-0.25, -0.2) is 4.79 Å². The number of amides is 1. The Balaban J connectivity index is 2.11. The van der Waals surface area contributed by atoms with Crippen molar-refractivity contribution in [3.8, 4) is 5.75 Å². The van der Waals surface area contributed by atoms with Crippen molar-refractivity contribution in [3.63, 3.8) is 0 Å². The van der Waals surface area contributed by atoms with Crippen LogP contribution in [0.2, 0.25) is 5.02 Å². The Kier molecular flexibility index (Phi) is 5.69. The van der Waals surface area contributed by atoms with E-state index in [2.05, 4.69) is 10.5 Å². The summed E-state index contributed by atoms with van der Waals surface area (Å²) in [5, 5.41) is 6.88. The van der Waals surface area contributed by atoms with E-state index >= 15 is 0 Å². The fourth-order valence-electron chi connectivity index (χ4n) is 2.21. The third-order valence-corrected chi connectivity index (χ3v) is 4.04. The Hall–Kier alpha value is -2.54. The van der Waals surface area contributed by atoms with Crippen LogP contribution in [0, 0.1) is 20.8 Å². The van der Waals surface area contributed by atoms with Gasteiger partial charge in [0, 0.05) is 11.1 Å². The second-order valence-corrected chi connectivity index (χ2v) is 5.94. The Labute approximate surface area is 150 Å². The molecule has 0 bridgehead atoms. The van der Waals surface area contributed by atoms with Crippen LogP contribution in [0.3, 0.4) is 0 Å². The van der Waals surface area contributed by atoms with E-state index in [0.29, 0.717) is 27.9 Å². The third kappa shape index (κ3) is 4.11. The lowest BCUT2D eigenvalue weighted by Crippen LogP contribution is -2.30. The van der Waals surface area contributed by atoms with Gasteiger partial charge in [-0.05, 0) is 39.3 Å². The molecule has 2 aromatic rings. The normalized spacial score (nSPS) is 11.8. The molecule has 8 heteroatoms. The van der Waals surface area contributed by atoms with Gasteiger partial charge in [0.1, 0.15) is 17.1 Å². The van der Waals surface area contributed by atoms with Crippen molar-refractivity contribution in [2.45, 2.75) is 33.8 Å². The van der Waals surface area contributed by atoms with Crippen molar-refractivity contribution in [1.29, 1.82) is 0 Å². The lowest BCUT2D eigenvalue weighted by atomic mass is 10.2. The van der Waals surface area contributed by atoms with Crippen molar-refractivity contribution < 1.29 is 23.6 Å². The van der Waals surface area contributed by atoms with Gasteiger partial charge in [-0.3, -0.25) is 4.79 Å². The van der Waals surface area contributed by atoms with Crippen LogP contribution in [-0.2, 0) is 9.53 Å². The molecule has 1 heterocycles. The fraction of sp³-hybridized carbons (Fsp3) is 0.353. The number of anilines is 1. The van der Waals surface area contributed by atoms with E-state index in [0.717, 1.165) is 5.56 Å². The summed E-state index contributed by atoms with van der Waals surface area (Å²) in [5.41, 5.74) is 1.84. The van der Waals surface area contributed by atoms with Crippen molar-refractivity contribution >= 4 is 29.2 Å². The van der Waals surface area contributed by atoms with Crippen LogP contribution in [0.25, 0.3) is 0 Å². The van der Waals surface area contributed by atoms with Crippen LogP contribution in [0.4, 0.5) is 5.69 Å². The van der Waals surface area contributed by atoms with Gasteiger partial charge in [-0.15, -0.1) is 0 Å². The minimum atomic E-state index is -1.03. The maximum absolute atomic E-state index is 12.3. The maximum Gasteiger partial charge on any atom is 0.344 e. The number of methoxy groups -OCH3 is 1. The summed E-state index contributed by atoms with van der Waals surface area (Å²) in [6.45, 7) is 6.50. The number of esters is 1. The van der Waals surface area contributed by atoms with Crippen LogP contribution in [0.1, 0.15) is 34.3 Å². The number of hydrogen-bond acceptors (Lipinski definition) is 6. The van der Waals surface area contributed by atoms with E-state index < -0.39 is 18.0 Å². The zero-order valence-corrected chi connectivity index (χ0v) is 15.4. The number of halogens is 1. The topological polar surface area (TPSA) is 90.7 Å². The van der Waals surface area contributed by atoms with Crippen molar-refractivity contribution in [2.75, 3.05) is 12.4 Å². The smallest absolute Gasteiger partial charge is 0.344 e. The first-order chi connectivity index (χ1) is 11.7. The summed E-state index contributed by atoms with van der Waals surface area (Å²) >= 11 is 6.04. The number of rotatable bonds is 5. The second-order valence-electron chi connectivity index (χ2n) is 5.54. The van der Waals surface area contributed by atoms with Crippen LogP contribution in [-0.4, -0.2) is 30.2 Å². The van der Waals surface area contributed by atoms with Gasteiger partial charge in [-0.2, -0.15) is 0 Å². The summed E-state index contributed by atoms with van der Waals surface area (Å²) in [6, 6.07) is 3.29. The van der Waals surface area contributed by atoms with Crippen LogP contribution in [0.15, 0.2) is 16.7 Å². The maximum atomic E-state index is 12.3. The number of hydrogen-bond donors (Lipinski definition) is 1. The quantitative estimate of drug-likeness (QED) is 0.815. The predicted molar refractivity (Wildman–Crippen MR) is 92.2 cm³/mol. The summed E-state index contributed by atoms with van der Waals surface area (Å²) in [5.74, 6) is -0.420. The molecule has 1 amide bonds. The molecule has 1 N–H and O–H groups in total. The predicted octanol–water partition coefficient (Wildman–Crippen LogP) is 3.45. The highest BCUT2D eigenvalue weighted by Gasteiger charge is 2.25. The van der Waals surface area contributed by atoms with Gasteiger partial charge in [0.25, 0.3) is 5.91 Å². The highest BCUT2D eigenvalue weighted by atomic mass is 35.5. The first-order valence-electron chi connectivity index (χ1n) is 7.53. The molecule has 0 aliphatic rings. The number of benzene rings is 1. The average molecular weight is 367 g/mol. The van der Waals surface area contributed by atoms with Crippen LogP contribution < -0.4 is 10.1 Å². The fourth-order valence-corrected chi connectivity index (χ4v) is 2.37. The standard InChI is InChI=1S/C17H19ClN2O5/c1-8-6-13(14(23-5)7-12(8)18)19-16(21)11(4)24-17(22)15-9(2)20-25-10(15)3/h6-7,11H,1-5H3,(H,19,21)/t11-/m1/s1. The Morgan fingerprint density at radius 1 is 1.28 bits per heavy atom. The van der Waals surface area contributed by atoms with Gasteiger partial charge in [0.05, 0.1) is 18.5 Å². The van der Waals surface area contributed by atoms with Crippen molar-refractivity contribution in [1.82, 2.24) is 5.16 Å². The third-order valence-electron chi connectivity index (χ3n) is 3.63. The Morgan fingerprint density at radius 3 is 2.52 bits per heavy atom. The molecule has 0 aliphatic heterocycles. The largest absolute Gasteiger partial charge is 0.495 e. The molecule has 0 saturated carbocycles. The molecular formula is C17H19ClN2O5. The Morgan fingerprint density at radius 2 is 1.96 bits per heavy atom. The molecule has 0 spiro atoms.